The predicted molar refractivity (Wildman–Crippen MR) is 76.6 cm³/mol. The van der Waals surface area contributed by atoms with Gasteiger partial charge >= 0.3 is 0 Å². The van der Waals surface area contributed by atoms with Gasteiger partial charge in [0.15, 0.2) is 0 Å². The fourth-order valence-electron chi connectivity index (χ4n) is 1.35. The summed E-state index contributed by atoms with van der Waals surface area (Å²) in [6, 6.07) is 4.13. The van der Waals surface area contributed by atoms with Crippen LogP contribution in [-0.2, 0) is 11.3 Å². The number of benzene rings is 1. The van der Waals surface area contributed by atoms with Crippen LogP contribution in [0.15, 0.2) is 21.1 Å². The molecule has 0 atom stereocenters. The van der Waals surface area contributed by atoms with E-state index in [2.05, 4.69) is 56.2 Å². The molecule has 0 saturated heterocycles. The van der Waals surface area contributed by atoms with Crippen molar-refractivity contribution in [3.8, 4) is 5.75 Å². The minimum absolute atomic E-state index is 0.542. The van der Waals surface area contributed by atoms with E-state index >= 15 is 0 Å². The summed E-state index contributed by atoms with van der Waals surface area (Å²) < 4.78 is 12.5. The highest BCUT2D eigenvalue weighted by Crippen LogP contribution is 2.34. The molecular formula is C12H17Br2NO2. The maximum absolute atomic E-state index is 5.63. The SMILES string of the molecule is CCNCc1cc(Br)c(OCCOC)c(Br)c1. The molecule has 0 amide bonds. The summed E-state index contributed by atoms with van der Waals surface area (Å²) in [6.45, 7) is 5.03. The van der Waals surface area contributed by atoms with Gasteiger partial charge in [-0.15, -0.1) is 0 Å². The van der Waals surface area contributed by atoms with Crippen molar-refractivity contribution < 1.29 is 9.47 Å². The first-order valence-corrected chi connectivity index (χ1v) is 7.08. The van der Waals surface area contributed by atoms with Crippen LogP contribution in [0, 0.1) is 0 Å². The number of halogens is 2. The molecule has 0 aliphatic carbocycles. The molecule has 0 heterocycles. The maximum atomic E-state index is 5.63. The fraction of sp³-hybridized carbons (Fsp3) is 0.500. The highest BCUT2D eigenvalue weighted by atomic mass is 79.9. The van der Waals surface area contributed by atoms with Crippen LogP contribution in [0.5, 0.6) is 5.75 Å². The first-order valence-electron chi connectivity index (χ1n) is 5.49. The Kier molecular flexibility index (Phi) is 7.11. The van der Waals surface area contributed by atoms with Crippen LogP contribution in [0.1, 0.15) is 12.5 Å². The summed E-state index contributed by atoms with van der Waals surface area (Å²) in [7, 11) is 1.66. The highest BCUT2D eigenvalue weighted by molar-refractivity contribution is 9.11. The third-order valence-electron chi connectivity index (χ3n) is 2.17. The Balaban J connectivity index is 2.72. The van der Waals surface area contributed by atoms with Crippen LogP contribution >= 0.6 is 31.9 Å². The summed E-state index contributed by atoms with van der Waals surface area (Å²) in [4.78, 5) is 0. The van der Waals surface area contributed by atoms with Gasteiger partial charge in [0.05, 0.1) is 15.6 Å². The normalized spacial score (nSPS) is 10.6. The monoisotopic (exact) mass is 365 g/mol. The minimum Gasteiger partial charge on any atom is -0.489 e. The van der Waals surface area contributed by atoms with E-state index in [0.29, 0.717) is 13.2 Å². The maximum Gasteiger partial charge on any atom is 0.147 e. The lowest BCUT2D eigenvalue weighted by molar-refractivity contribution is 0.145. The van der Waals surface area contributed by atoms with Gasteiger partial charge in [-0.05, 0) is 56.1 Å². The predicted octanol–water partition coefficient (Wildman–Crippen LogP) is 3.35. The van der Waals surface area contributed by atoms with Crippen molar-refractivity contribution in [2.75, 3.05) is 26.9 Å². The van der Waals surface area contributed by atoms with Crippen LogP contribution in [0.4, 0.5) is 0 Å². The molecule has 0 aliphatic heterocycles. The molecule has 0 aromatic heterocycles. The zero-order valence-corrected chi connectivity index (χ0v) is 13.2. The molecule has 1 rings (SSSR count). The summed E-state index contributed by atoms with van der Waals surface area (Å²) in [5.41, 5.74) is 1.21. The van der Waals surface area contributed by atoms with E-state index < -0.39 is 0 Å². The molecule has 1 N–H and O–H groups in total. The molecule has 0 aliphatic rings. The van der Waals surface area contributed by atoms with Crippen molar-refractivity contribution in [3.05, 3.63) is 26.6 Å². The number of hydrogen-bond acceptors (Lipinski definition) is 3. The Bertz CT molecular complexity index is 335. The Hall–Kier alpha value is -0.100. The van der Waals surface area contributed by atoms with Gasteiger partial charge in [-0.2, -0.15) is 0 Å². The summed E-state index contributed by atoms with van der Waals surface area (Å²) >= 11 is 7.04. The first-order chi connectivity index (χ1) is 8.19. The Labute approximate surface area is 119 Å². The van der Waals surface area contributed by atoms with E-state index in [1.807, 2.05) is 0 Å². The molecule has 0 radical (unpaired) electrons. The Morgan fingerprint density at radius 1 is 1.18 bits per heavy atom. The standard InChI is InChI=1S/C12H17Br2NO2/c1-3-15-8-9-6-10(13)12(11(14)7-9)17-5-4-16-2/h6-7,15H,3-5,8H2,1-2H3. The van der Waals surface area contributed by atoms with Crippen molar-refractivity contribution in [1.82, 2.24) is 5.32 Å². The van der Waals surface area contributed by atoms with Gasteiger partial charge in [0, 0.05) is 13.7 Å². The first kappa shape index (κ1) is 15.0. The van der Waals surface area contributed by atoms with E-state index in [0.717, 1.165) is 27.8 Å². The van der Waals surface area contributed by atoms with Crippen molar-refractivity contribution in [3.63, 3.8) is 0 Å². The second-order valence-electron chi connectivity index (χ2n) is 3.51. The Morgan fingerprint density at radius 3 is 2.35 bits per heavy atom. The van der Waals surface area contributed by atoms with Crippen LogP contribution in [0.25, 0.3) is 0 Å². The quantitative estimate of drug-likeness (QED) is 0.750. The van der Waals surface area contributed by atoms with E-state index in [1.165, 1.54) is 5.56 Å². The van der Waals surface area contributed by atoms with E-state index in [9.17, 15) is 0 Å². The van der Waals surface area contributed by atoms with Crippen LogP contribution in [0.2, 0.25) is 0 Å². The number of methoxy groups -OCH3 is 1. The molecule has 0 bridgehead atoms. The third kappa shape index (κ3) is 4.95. The van der Waals surface area contributed by atoms with Crippen molar-refractivity contribution in [2.45, 2.75) is 13.5 Å². The summed E-state index contributed by atoms with van der Waals surface area (Å²) in [5, 5.41) is 3.29. The van der Waals surface area contributed by atoms with Crippen molar-refractivity contribution >= 4 is 31.9 Å². The molecule has 96 valence electrons. The van der Waals surface area contributed by atoms with Crippen LogP contribution in [0.3, 0.4) is 0 Å². The van der Waals surface area contributed by atoms with Gasteiger partial charge < -0.3 is 14.8 Å². The summed E-state index contributed by atoms with van der Waals surface area (Å²) in [5.74, 6) is 0.822. The van der Waals surface area contributed by atoms with Gasteiger partial charge in [-0.25, -0.2) is 0 Å². The zero-order chi connectivity index (χ0) is 12.7. The van der Waals surface area contributed by atoms with E-state index in [1.54, 1.807) is 7.11 Å². The van der Waals surface area contributed by atoms with Gasteiger partial charge in [-0.3, -0.25) is 0 Å². The molecule has 1 aromatic carbocycles. The van der Waals surface area contributed by atoms with Crippen LogP contribution in [-0.4, -0.2) is 26.9 Å². The Morgan fingerprint density at radius 2 is 1.82 bits per heavy atom. The lowest BCUT2D eigenvalue weighted by Gasteiger charge is -2.12. The molecule has 0 unspecified atom stereocenters. The second-order valence-corrected chi connectivity index (χ2v) is 5.22. The van der Waals surface area contributed by atoms with Gasteiger partial charge in [0.1, 0.15) is 12.4 Å². The second kappa shape index (κ2) is 8.08. The molecule has 0 saturated carbocycles. The number of ether oxygens (including phenoxy) is 2. The minimum atomic E-state index is 0.542. The van der Waals surface area contributed by atoms with Gasteiger partial charge in [0.2, 0.25) is 0 Å². The molecule has 0 spiro atoms. The average molecular weight is 367 g/mol. The average Bonchev–Trinajstić information content (AvgIpc) is 2.30. The third-order valence-corrected chi connectivity index (χ3v) is 3.35. The van der Waals surface area contributed by atoms with Crippen molar-refractivity contribution in [2.24, 2.45) is 0 Å². The lowest BCUT2D eigenvalue weighted by Crippen LogP contribution is -2.12. The molecule has 17 heavy (non-hydrogen) atoms. The smallest absolute Gasteiger partial charge is 0.147 e. The molecule has 3 nitrogen and oxygen atoms in total. The molecule has 0 fully saturated rings. The lowest BCUT2D eigenvalue weighted by atomic mass is 10.2. The largest absolute Gasteiger partial charge is 0.489 e. The summed E-state index contributed by atoms with van der Waals surface area (Å²) in [6.07, 6.45) is 0. The molecule has 1 aromatic rings. The number of nitrogens with one attached hydrogen (secondary N) is 1. The van der Waals surface area contributed by atoms with Gasteiger partial charge in [-0.1, -0.05) is 6.92 Å². The van der Waals surface area contributed by atoms with Gasteiger partial charge in [0.25, 0.3) is 0 Å². The fourth-order valence-corrected chi connectivity index (χ4v) is 2.86. The van der Waals surface area contributed by atoms with E-state index in [-0.39, 0.29) is 0 Å². The van der Waals surface area contributed by atoms with Crippen LogP contribution < -0.4 is 10.1 Å². The highest BCUT2D eigenvalue weighted by Gasteiger charge is 2.08. The zero-order valence-electron chi connectivity index (χ0n) is 10.1. The molecular weight excluding hydrogens is 350 g/mol. The molecule has 5 heteroatoms. The number of hydrogen-bond donors (Lipinski definition) is 1. The van der Waals surface area contributed by atoms with Crippen molar-refractivity contribution in [1.29, 1.82) is 0 Å². The topological polar surface area (TPSA) is 30.5 Å². The number of rotatable bonds is 7. The van der Waals surface area contributed by atoms with E-state index in [4.69, 9.17) is 9.47 Å².